The average molecular weight is 326 g/mol. The Labute approximate surface area is 107 Å². The molecule has 16 heavy (non-hydrogen) atoms. The fraction of sp³-hybridized carbons (Fsp3) is 0.556. The third kappa shape index (κ3) is 2.19. The van der Waals surface area contributed by atoms with Gasteiger partial charge in [0.1, 0.15) is 4.21 Å². The molecule has 0 radical (unpaired) electrons. The maximum absolute atomic E-state index is 12.3. The second-order valence-electron chi connectivity index (χ2n) is 3.60. The van der Waals surface area contributed by atoms with E-state index >= 15 is 0 Å². The summed E-state index contributed by atoms with van der Waals surface area (Å²) < 4.78 is 32.4. The lowest BCUT2D eigenvalue weighted by molar-refractivity contribution is 0.0393. The summed E-state index contributed by atoms with van der Waals surface area (Å²) in [5.74, 6) is 0. The van der Waals surface area contributed by atoms with Crippen molar-refractivity contribution in [2.24, 2.45) is 0 Å². The first-order valence-corrected chi connectivity index (χ1v) is 7.97. The van der Waals surface area contributed by atoms with E-state index in [1.165, 1.54) is 15.6 Å². The smallest absolute Gasteiger partial charge is 0.254 e. The number of nitrogens with zero attached hydrogens (tertiary/aromatic N) is 1. The quantitative estimate of drug-likeness (QED) is 0.834. The molecule has 0 spiro atoms. The van der Waals surface area contributed by atoms with Gasteiger partial charge in [0, 0.05) is 17.1 Å². The maximum atomic E-state index is 12.3. The van der Waals surface area contributed by atoms with Crippen molar-refractivity contribution in [2.45, 2.75) is 17.2 Å². The zero-order valence-corrected chi connectivity index (χ0v) is 11.9. The van der Waals surface area contributed by atoms with Gasteiger partial charge in [0.15, 0.2) is 0 Å². The Morgan fingerprint density at radius 3 is 2.94 bits per heavy atom. The van der Waals surface area contributed by atoms with Gasteiger partial charge < -0.3 is 4.74 Å². The summed E-state index contributed by atoms with van der Waals surface area (Å²) in [6.45, 7) is 3.21. The molecule has 0 N–H and O–H groups in total. The largest absolute Gasteiger partial charge is 0.378 e. The molecule has 1 atom stereocenters. The highest BCUT2D eigenvalue weighted by molar-refractivity contribution is 9.10. The zero-order valence-electron chi connectivity index (χ0n) is 8.72. The molecule has 0 saturated carbocycles. The minimum Gasteiger partial charge on any atom is -0.378 e. The maximum Gasteiger partial charge on any atom is 0.254 e. The van der Waals surface area contributed by atoms with E-state index in [9.17, 15) is 8.42 Å². The second kappa shape index (κ2) is 4.73. The molecule has 7 heteroatoms. The van der Waals surface area contributed by atoms with E-state index < -0.39 is 10.0 Å². The first kappa shape index (κ1) is 12.5. The number of thiophene rings is 1. The van der Waals surface area contributed by atoms with Crippen molar-refractivity contribution in [3.05, 3.63) is 15.9 Å². The summed E-state index contributed by atoms with van der Waals surface area (Å²) in [7, 11) is -3.37. The number of morpholine rings is 1. The Balaban J connectivity index is 2.35. The Bertz CT molecular complexity index is 471. The molecule has 4 nitrogen and oxygen atoms in total. The van der Waals surface area contributed by atoms with Crippen LogP contribution in [0.5, 0.6) is 0 Å². The van der Waals surface area contributed by atoms with Crippen LogP contribution in [0.2, 0.25) is 0 Å². The number of halogens is 1. The highest BCUT2D eigenvalue weighted by atomic mass is 79.9. The molecule has 1 aromatic rings. The van der Waals surface area contributed by atoms with Crippen LogP contribution in [0.3, 0.4) is 0 Å². The van der Waals surface area contributed by atoms with Crippen molar-refractivity contribution < 1.29 is 13.2 Å². The van der Waals surface area contributed by atoms with Gasteiger partial charge >= 0.3 is 0 Å². The van der Waals surface area contributed by atoms with E-state index in [1.54, 1.807) is 11.4 Å². The molecule has 1 fully saturated rings. The average Bonchev–Trinajstić information content (AvgIpc) is 2.65. The molecule has 2 heterocycles. The number of rotatable bonds is 2. The van der Waals surface area contributed by atoms with Crippen LogP contribution in [0.25, 0.3) is 0 Å². The summed E-state index contributed by atoms with van der Waals surface area (Å²) in [4.78, 5) is 0. The Kier molecular flexibility index (Phi) is 3.70. The highest BCUT2D eigenvalue weighted by Crippen LogP contribution is 2.31. The molecule has 0 aromatic carbocycles. The van der Waals surface area contributed by atoms with E-state index in [1.807, 2.05) is 6.92 Å². The van der Waals surface area contributed by atoms with E-state index in [-0.39, 0.29) is 6.04 Å². The van der Waals surface area contributed by atoms with Crippen LogP contribution in [-0.2, 0) is 14.8 Å². The molecule has 1 aliphatic rings. The predicted molar refractivity (Wildman–Crippen MR) is 66.2 cm³/mol. The van der Waals surface area contributed by atoms with Crippen LogP contribution in [0, 0.1) is 0 Å². The van der Waals surface area contributed by atoms with Crippen LogP contribution >= 0.6 is 27.3 Å². The van der Waals surface area contributed by atoms with Crippen molar-refractivity contribution in [2.75, 3.05) is 19.8 Å². The molecule has 0 bridgehead atoms. The number of hydrogen-bond donors (Lipinski definition) is 0. The van der Waals surface area contributed by atoms with Crippen molar-refractivity contribution in [1.29, 1.82) is 0 Å². The molecule has 90 valence electrons. The topological polar surface area (TPSA) is 46.6 Å². The third-order valence-electron chi connectivity index (χ3n) is 2.43. The lowest BCUT2D eigenvalue weighted by Gasteiger charge is -2.31. The minimum absolute atomic E-state index is 0.104. The fourth-order valence-electron chi connectivity index (χ4n) is 1.64. The Hall–Kier alpha value is 0.0500. The van der Waals surface area contributed by atoms with E-state index in [0.717, 1.165) is 0 Å². The Morgan fingerprint density at radius 1 is 1.62 bits per heavy atom. The second-order valence-corrected chi connectivity index (χ2v) is 7.45. The van der Waals surface area contributed by atoms with Crippen molar-refractivity contribution in [3.63, 3.8) is 0 Å². The molecule has 0 unspecified atom stereocenters. The molecule has 1 saturated heterocycles. The van der Waals surface area contributed by atoms with Gasteiger partial charge in [-0.3, -0.25) is 0 Å². The first-order chi connectivity index (χ1) is 7.53. The van der Waals surface area contributed by atoms with Crippen molar-refractivity contribution in [3.8, 4) is 0 Å². The molecule has 1 aromatic heterocycles. The number of sulfonamides is 1. The lowest BCUT2D eigenvalue weighted by atomic mass is 10.3. The van der Waals surface area contributed by atoms with Crippen LogP contribution in [0.15, 0.2) is 20.1 Å². The molecule has 2 rings (SSSR count). The van der Waals surface area contributed by atoms with Crippen LogP contribution < -0.4 is 0 Å². The van der Waals surface area contributed by atoms with Gasteiger partial charge in [-0.15, -0.1) is 11.3 Å². The summed E-state index contributed by atoms with van der Waals surface area (Å²) >= 11 is 4.50. The van der Waals surface area contributed by atoms with E-state index in [2.05, 4.69) is 15.9 Å². The van der Waals surface area contributed by atoms with Crippen molar-refractivity contribution >= 4 is 37.3 Å². The van der Waals surface area contributed by atoms with Crippen LogP contribution in [0.1, 0.15) is 6.92 Å². The molecule has 1 aliphatic heterocycles. The van der Waals surface area contributed by atoms with Crippen molar-refractivity contribution in [1.82, 2.24) is 4.31 Å². The van der Waals surface area contributed by atoms with Gasteiger partial charge in [0.2, 0.25) is 0 Å². The van der Waals surface area contributed by atoms with Gasteiger partial charge in [-0.25, -0.2) is 8.42 Å². The lowest BCUT2D eigenvalue weighted by Crippen LogP contribution is -2.46. The van der Waals surface area contributed by atoms with Gasteiger partial charge in [-0.1, -0.05) is 0 Å². The van der Waals surface area contributed by atoms with E-state index in [4.69, 9.17) is 4.74 Å². The number of ether oxygens (including phenoxy) is 1. The SMILES string of the molecule is C[C@@H]1COCCN1S(=O)(=O)c1sccc1Br. The molecule has 0 amide bonds. The number of hydrogen-bond acceptors (Lipinski definition) is 4. The molecular weight excluding hydrogens is 314 g/mol. The van der Waals surface area contributed by atoms with Crippen LogP contribution in [0.4, 0.5) is 0 Å². The normalized spacial score (nSPS) is 23.5. The summed E-state index contributed by atoms with van der Waals surface area (Å²) in [5.41, 5.74) is 0. The van der Waals surface area contributed by atoms with Gasteiger partial charge in [-0.05, 0) is 34.3 Å². The molecule has 0 aliphatic carbocycles. The molecular formula is C9H12BrNO3S2. The Morgan fingerprint density at radius 2 is 2.38 bits per heavy atom. The predicted octanol–water partition coefficient (Wildman–Crippen LogP) is 1.92. The summed E-state index contributed by atoms with van der Waals surface area (Å²) in [6.07, 6.45) is 0. The first-order valence-electron chi connectivity index (χ1n) is 4.86. The fourth-order valence-corrected chi connectivity index (χ4v) is 5.67. The monoisotopic (exact) mass is 325 g/mol. The van der Waals surface area contributed by atoms with E-state index in [0.29, 0.717) is 28.4 Å². The minimum atomic E-state index is -3.37. The highest BCUT2D eigenvalue weighted by Gasteiger charge is 2.33. The standard InChI is InChI=1S/C9H12BrNO3S2/c1-7-6-14-4-3-11(7)16(12,13)9-8(10)2-5-15-9/h2,5,7H,3-4,6H2,1H3/t7-/m1/s1. The zero-order chi connectivity index (χ0) is 11.8. The summed E-state index contributed by atoms with van der Waals surface area (Å²) in [5, 5.41) is 1.77. The third-order valence-corrected chi connectivity index (χ3v) is 7.09. The van der Waals surface area contributed by atoms with Gasteiger partial charge in [0.25, 0.3) is 10.0 Å². The van der Waals surface area contributed by atoms with Gasteiger partial charge in [-0.2, -0.15) is 4.31 Å². The summed E-state index contributed by atoms with van der Waals surface area (Å²) in [6, 6.07) is 1.65. The van der Waals surface area contributed by atoms with Crippen LogP contribution in [-0.4, -0.2) is 38.5 Å². The van der Waals surface area contributed by atoms with Gasteiger partial charge in [0.05, 0.1) is 13.2 Å².